The van der Waals surface area contributed by atoms with Gasteiger partial charge in [-0.25, -0.2) is 0 Å². The van der Waals surface area contributed by atoms with Crippen molar-refractivity contribution >= 4 is 37.4 Å². The smallest absolute Gasteiger partial charge is 0.0380 e. The van der Waals surface area contributed by atoms with Crippen LogP contribution in [-0.2, 0) is 11.8 Å². The molecule has 2 heteroatoms. The zero-order valence-corrected chi connectivity index (χ0v) is 10.8. The zero-order valence-electron chi connectivity index (χ0n) is 8.43. The third-order valence-corrected chi connectivity index (χ3v) is 4.96. The van der Waals surface area contributed by atoms with E-state index in [0.29, 0.717) is 0 Å². The van der Waals surface area contributed by atoms with E-state index in [1.165, 1.54) is 26.1 Å². The van der Waals surface area contributed by atoms with Gasteiger partial charge in [0, 0.05) is 14.9 Å². The lowest BCUT2D eigenvalue weighted by Gasteiger charge is -1.97. The van der Waals surface area contributed by atoms with Crippen molar-refractivity contribution in [3.05, 3.63) is 34.2 Å². The summed E-state index contributed by atoms with van der Waals surface area (Å²) < 4.78 is 1.47. The maximum atomic E-state index is 3.54. The van der Waals surface area contributed by atoms with Gasteiger partial charge < -0.3 is 0 Å². The Bertz CT molecular complexity index is 457. The molecule has 0 radical (unpaired) electrons. The fourth-order valence-electron chi connectivity index (χ4n) is 1.76. The standard InChI is InChI=1S/C12H13BrS/c1-3-9-5-4-6-10-8(2)11(7-13)14-12(9)10/h4-6H,3,7H2,1-2H3. The Morgan fingerprint density at radius 2 is 2.14 bits per heavy atom. The first kappa shape index (κ1) is 10.2. The average Bonchev–Trinajstić information content (AvgIpc) is 2.55. The van der Waals surface area contributed by atoms with E-state index in [2.05, 4.69) is 48.0 Å². The molecule has 1 heterocycles. The van der Waals surface area contributed by atoms with E-state index in [9.17, 15) is 0 Å². The first-order chi connectivity index (χ1) is 6.77. The summed E-state index contributed by atoms with van der Waals surface area (Å²) in [4.78, 5) is 1.46. The van der Waals surface area contributed by atoms with Gasteiger partial charge in [0.15, 0.2) is 0 Å². The maximum absolute atomic E-state index is 3.54. The van der Waals surface area contributed by atoms with Crippen molar-refractivity contribution in [3.8, 4) is 0 Å². The van der Waals surface area contributed by atoms with E-state index in [-0.39, 0.29) is 0 Å². The van der Waals surface area contributed by atoms with Crippen molar-refractivity contribution < 1.29 is 0 Å². The van der Waals surface area contributed by atoms with Crippen molar-refractivity contribution in [1.82, 2.24) is 0 Å². The quantitative estimate of drug-likeness (QED) is 0.695. The number of halogens is 1. The SMILES string of the molecule is CCc1cccc2c(C)c(CBr)sc12. The molecule has 0 nitrogen and oxygen atoms in total. The lowest BCUT2D eigenvalue weighted by atomic mass is 10.1. The monoisotopic (exact) mass is 268 g/mol. The number of fused-ring (bicyclic) bond motifs is 1. The average molecular weight is 269 g/mol. The Labute approximate surface area is 97.1 Å². The summed E-state index contributed by atoms with van der Waals surface area (Å²) in [6.45, 7) is 4.44. The molecule has 0 saturated heterocycles. The van der Waals surface area contributed by atoms with Gasteiger partial charge in [0.2, 0.25) is 0 Å². The molecule has 0 unspecified atom stereocenters. The first-order valence-electron chi connectivity index (χ1n) is 4.83. The van der Waals surface area contributed by atoms with Crippen LogP contribution in [0.3, 0.4) is 0 Å². The van der Waals surface area contributed by atoms with Gasteiger partial charge in [-0.1, -0.05) is 41.1 Å². The number of rotatable bonds is 2. The summed E-state index contributed by atoms with van der Waals surface area (Å²) in [5.74, 6) is 0. The molecular formula is C12H13BrS. The molecule has 14 heavy (non-hydrogen) atoms. The number of hydrogen-bond acceptors (Lipinski definition) is 1. The fraction of sp³-hybridized carbons (Fsp3) is 0.333. The summed E-state index contributed by atoms with van der Waals surface area (Å²) in [6.07, 6.45) is 1.12. The summed E-state index contributed by atoms with van der Waals surface area (Å²) in [5, 5.41) is 2.41. The lowest BCUT2D eigenvalue weighted by molar-refractivity contribution is 1.16. The second kappa shape index (κ2) is 4.03. The van der Waals surface area contributed by atoms with Crippen molar-refractivity contribution in [1.29, 1.82) is 0 Å². The predicted octanol–water partition coefficient (Wildman–Crippen LogP) is 4.67. The molecule has 0 aliphatic rings. The summed E-state index contributed by atoms with van der Waals surface area (Å²) in [5.41, 5.74) is 2.92. The Morgan fingerprint density at radius 1 is 1.36 bits per heavy atom. The molecule has 0 aliphatic carbocycles. The number of thiophene rings is 1. The van der Waals surface area contributed by atoms with E-state index in [1.807, 2.05) is 11.3 Å². The van der Waals surface area contributed by atoms with Crippen molar-refractivity contribution in [3.63, 3.8) is 0 Å². The molecule has 0 atom stereocenters. The van der Waals surface area contributed by atoms with E-state index in [0.717, 1.165) is 11.8 Å². The summed E-state index contributed by atoms with van der Waals surface area (Å²) >= 11 is 5.47. The van der Waals surface area contributed by atoms with Crippen molar-refractivity contribution in [2.24, 2.45) is 0 Å². The Hall–Kier alpha value is -0.340. The second-order valence-electron chi connectivity index (χ2n) is 3.43. The third kappa shape index (κ3) is 1.51. The molecule has 0 saturated carbocycles. The highest BCUT2D eigenvalue weighted by Crippen LogP contribution is 2.34. The van der Waals surface area contributed by atoms with Crippen molar-refractivity contribution in [2.45, 2.75) is 25.6 Å². The predicted molar refractivity (Wildman–Crippen MR) is 68.6 cm³/mol. The van der Waals surface area contributed by atoms with Gasteiger partial charge >= 0.3 is 0 Å². The van der Waals surface area contributed by atoms with Gasteiger partial charge in [0.1, 0.15) is 0 Å². The number of hydrogen-bond donors (Lipinski definition) is 0. The van der Waals surface area contributed by atoms with E-state index >= 15 is 0 Å². The van der Waals surface area contributed by atoms with E-state index < -0.39 is 0 Å². The highest BCUT2D eigenvalue weighted by molar-refractivity contribution is 9.08. The van der Waals surface area contributed by atoms with Crippen LogP contribution in [0, 0.1) is 6.92 Å². The molecule has 2 rings (SSSR count). The van der Waals surface area contributed by atoms with Crippen LogP contribution < -0.4 is 0 Å². The summed E-state index contributed by atoms with van der Waals surface area (Å²) in [7, 11) is 0. The highest BCUT2D eigenvalue weighted by atomic mass is 79.9. The van der Waals surface area contributed by atoms with E-state index in [1.54, 1.807) is 0 Å². The molecule has 0 bridgehead atoms. The topological polar surface area (TPSA) is 0 Å². The van der Waals surface area contributed by atoms with Gasteiger partial charge in [-0.3, -0.25) is 0 Å². The Morgan fingerprint density at radius 3 is 2.79 bits per heavy atom. The highest BCUT2D eigenvalue weighted by Gasteiger charge is 2.09. The fourth-order valence-corrected chi connectivity index (χ4v) is 3.76. The van der Waals surface area contributed by atoms with Crippen LogP contribution in [0.1, 0.15) is 22.9 Å². The van der Waals surface area contributed by atoms with Crippen LogP contribution in [-0.4, -0.2) is 0 Å². The number of alkyl halides is 1. The van der Waals surface area contributed by atoms with Crippen LogP contribution in [0.2, 0.25) is 0 Å². The van der Waals surface area contributed by atoms with Crippen LogP contribution >= 0.6 is 27.3 Å². The summed E-state index contributed by atoms with van der Waals surface area (Å²) in [6, 6.07) is 6.63. The molecule has 1 aromatic carbocycles. The maximum Gasteiger partial charge on any atom is 0.0380 e. The molecule has 1 aromatic heterocycles. The van der Waals surface area contributed by atoms with Crippen molar-refractivity contribution in [2.75, 3.05) is 0 Å². The largest absolute Gasteiger partial charge is 0.139 e. The molecule has 74 valence electrons. The van der Waals surface area contributed by atoms with Gasteiger partial charge in [-0.15, -0.1) is 11.3 Å². The lowest BCUT2D eigenvalue weighted by Crippen LogP contribution is -1.79. The first-order valence-corrected chi connectivity index (χ1v) is 6.77. The van der Waals surface area contributed by atoms with E-state index in [4.69, 9.17) is 0 Å². The van der Waals surface area contributed by atoms with Gasteiger partial charge in [0.25, 0.3) is 0 Å². The minimum atomic E-state index is 0.974. The number of benzene rings is 1. The normalized spacial score (nSPS) is 11.1. The Balaban J connectivity index is 2.77. The zero-order chi connectivity index (χ0) is 10.1. The molecular weight excluding hydrogens is 256 g/mol. The van der Waals surface area contributed by atoms with Crippen LogP contribution in [0.25, 0.3) is 10.1 Å². The second-order valence-corrected chi connectivity index (χ2v) is 5.10. The Kier molecular flexibility index (Phi) is 2.93. The minimum Gasteiger partial charge on any atom is -0.139 e. The third-order valence-electron chi connectivity index (χ3n) is 2.65. The van der Waals surface area contributed by atoms with Gasteiger partial charge in [0.05, 0.1) is 0 Å². The van der Waals surface area contributed by atoms with Gasteiger partial charge in [-0.2, -0.15) is 0 Å². The molecule has 0 fully saturated rings. The van der Waals surface area contributed by atoms with Crippen LogP contribution in [0.5, 0.6) is 0 Å². The van der Waals surface area contributed by atoms with Crippen LogP contribution in [0.4, 0.5) is 0 Å². The minimum absolute atomic E-state index is 0.974. The molecule has 0 aliphatic heterocycles. The number of aryl methyl sites for hydroxylation is 2. The molecule has 0 amide bonds. The molecule has 0 N–H and O–H groups in total. The van der Waals surface area contributed by atoms with Crippen LogP contribution in [0.15, 0.2) is 18.2 Å². The molecule has 0 spiro atoms. The van der Waals surface area contributed by atoms with Gasteiger partial charge in [-0.05, 0) is 29.9 Å². The molecule has 2 aromatic rings.